The van der Waals surface area contributed by atoms with Crippen molar-refractivity contribution < 1.29 is 28.8 Å². The third kappa shape index (κ3) is 10.5. The lowest BCUT2D eigenvalue weighted by molar-refractivity contribution is -0.380. The van der Waals surface area contributed by atoms with Crippen LogP contribution in [0, 0.1) is 10.1 Å². The van der Waals surface area contributed by atoms with E-state index in [2.05, 4.69) is 25.8 Å². The minimum absolute atomic E-state index is 0.137. The summed E-state index contributed by atoms with van der Waals surface area (Å²) >= 11 is 0.786. The second-order valence-corrected chi connectivity index (χ2v) is 12.3. The number of thiazole rings is 1. The van der Waals surface area contributed by atoms with Gasteiger partial charge in [0.25, 0.3) is 5.91 Å². The van der Waals surface area contributed by atoms with Crippen LogP contribution in [0.3, 0.4) is 0 Å². The second-order valence-electron chi connectivity index (χ2n) is 11.2. The topological polar surface area (TPSA) is 168 Å². The molecule has 4 amide bonds. The molecule has 1 fully saturated rings. The van der Waals surface area contributed by atoms with Gasteiger partial charge in [-0.05, 0) is 68.4 Å². The molecule has 1 saturated heterocycles. The molecule has 0 radical (unpaired) electrons. The standard InChI is InChI=1S/C30H37N7O7S/c1-30(2,3)44-29(40)33-24-8-5-4-7-23(24)32-26(38)22-11-9-21(10-12-22)20-36(14-6-13-35-15-17-43-18-16-35)28(39)34-27-31-19-25(45-27)37(41)42/h4-5,7-12,19H,6,13-18,20H2,1-3H3,(H,32,38)(H,33,40)(H,31,34,39). The van der Waals surface area contributed by atoms with Crippen molar-refractivity contribution in [3.05, 3.63) is 76.0 Å². The number of aromatic nitrogens is 1. The predicted molar refractivity (Wildman–Crippen MR) is 171 cm³/mol. The van der Waals surface area contributed by atoms with Crippen molar-refractivity contribution in [2.24, 2.45) is 0 Å². The van der Waals surface area contributed by atoms with Crippen LogP contribution in [0.5, 0.6) is 0 Å². The van der Waals surface area contributed by atoms with E-state index in [1.54, 1.807) is 74.2 Å². The molecule has 3 aromatic rings. The Morgan fingerprint density at radius 1 is 1.04 bits per heavy atom. The van der Waals surface area contributed by atoms with E-state index in [4.69, 9.17) is 9.47 Å². The van der Waals surface area contributed by atoms with E-state index in [-0.39, 0.29) is 22.6 Å². The fourth-order valence-corrected chi connectivity index (χ4v) is 5.05. The van der Waals surface area contributed by atoms with Gasteiger partial charge in [-0.2, -0.15) is 0 Å². The average molecular weight is 640 g/mol. The molecule has 0 saturated carbocycles. The van der Waals surface area contributed by atoms with Crippen LogP contribution in [0.2, 0.25) is 0 Å². The molecule has 2 aromatic carbocycles. The molecular formula is C30H37N7O7S. The van der Waals surface area contributed by atoms with Gasteiger partial charge in [0.1, 0.15) is 11.8 Å². The zero-order valence-corrected chi connectivity index (χ0v) is 26.2. The summed E-state index contributed by atoms with van der Waals surface area (Å²) in [6.07, 6.45) is 1.18. The zero-order valence-electron chi connectivity index (χ0n) is 25.4. The number of rotatable bonds is 11. The normalized spacial score (nSPS) is 13.5. The van der Waals surface area contributed by atoms with Crippen LogP contribution in [0.4, 0.5) is 31.1 Å². The summed E-state index contributed by atoms with van der Waals surface area (Å²) in [5, 5.41) is 19.2. The molecule has 1 aromatic heterocycles. The molecule has 0 atom stereocenters. The Kier molecular flexibility index (Phi) is 11.4. The molecule has 3 N–H and O–H groups in total. The van der Waals surface area contributed by atoms with Crippen LogP contribution in [0.1, 0.15) is 43.1 Å². The van der Waals surface area contributed by atoms with Crippen molar-refractivity contribution in [3.63, 3.8) is 0 Å². The minimum Gasteiger partial charge on any atom is -0.444 e. The molecule has 2 heterocycles. The van der Waals surface area contributed by atoms with E-state index in [1.165, 1.54) is 0 Å². The molecule has 14 nitrogen and oxygen atoms in total. The van der Waals surface area contributed by atoms with Crippen LogP contribution >= 0.6 is 11.3 Å². The number of benzene rings is 2. The number of nitro groups is 1. The number of carbonyl (C=O) groups excluding carboxylic acids is 3. The summed E-state index contributed by atoms with van der Waals surface area (Å²) in [7, 11) is 0. The molecule has 240 valence electrons. The maximum atomic E-state index is 13.2. The van der Waals surface area contributed by atoms with Gasteiger partial charge < -0.3 is 19.7 Å². The number of para-hydroxylation sites is 2. The van der Waals surface area contributed by atoms with Crippen LogP contribution in [0.25, 0.3) is 0 Å². The highest BCUT2D eigenvalue weighted by molar-refractivity contribution is 7.18. The van der Waals surface area contributed by atoms with Crippen molar-refractivity contribution >= 4 is 50.9 Å². The van der Waals surface area contributed by atoms with Crippen LogP contribution < -0.4 is 16.0 Å². The van der Waals surface area contributed by atoms with Crippen LogP contribution in [0.15, 0.2) is 54.7 Å². The number of morpholine rings is 1. The average Bonchev–Trinajstić information content (AvgIpc) is 3.46. The van der Waals surface area contributed by atoms with Gasteiger partial charge >= 0.3 is 17.1 Å². The number of hydrogen-bond donors (Lipinski definition) is 3. The number of ether oxygens (including phenoxy) is 2. The van der Waals surface area contributed by atoms with Gasteiger partial charge in [0.05, 0.1) is 29.5 Å². The molecule has 0 aliphatic carbocycles. The minimum atomic E-state index is -0.676. The maximum Gasteiger partial charge on any atom is 0.412 e. The van der Waals surface area contributed by atoms with Gasteiger partial charge in [-0.15, -0.1) is 0 Å². The number of anilines is 3. The fourth-order valence-electron chi connectivity index (χ4n) is 4.43. The zero-order chi connectivity index (χ0) is 32.4. The molecular weight excluding hydrogens is 602 g/mol. The molecule has 1 aliphatic rings. The Balaban J connectivity index is 1.40. The highest BCUT2D eigenvalue weighted by atomic mass is 32.1. The van der Waals surface area contributed by atoms with Gasteiger partial charge in [0.15, 0.2) is 5.13 Å². The van der Waals surface area contributed by atoms with Crippen molar-refractivity contribution in [1.82, 2.24) is 14.8 Å². The number of urea groups is 1. The molecule has 45 heavy (non-hydrogen) atoms. The lowest BCUT2D eigenvalue weighted by atomic mass is 10.1. The third-order valence-corrected chi connectivity index (χ3v) is 7.45. The Bertz CT molecular complexity index is 1480. The summed E-state index contributed by atoms with van der Waals surface area (Å²) in [5.74, 6) is -0.384. The molecule has 15 heteroatoms. The van der Waals surface area contributed by atoms with Crippen LogP contribution in [-0.2, 0) is 16.0 Å². The Hall–Kier alpha value is -4.60. The third-order valence-electron chi connectivity index (χ3n) is 6.58. The summed E-state index contributed by atoms with van der Waals surface area (Å²) in [4.78, 5) is 56.9. The molecule has 0 spiro atoms. The number of nitrogens with zero attached hydrogens (tertiary/aromatic N) is 4. The van der Waals surface area contributed by atoms with Gasteiger partial charge in [0.2, 0.25) is 0 Å². The van der Waals surface area contributed by atoms with E-state index in [9.17, 15) is 24.5 Å². The first kappa shape index (κ1) is 33.3. The molecule has 0 bridgehead atoms. The Morgan fingerprint density at radius 3 is 2.33 bits per heavy atom. The lowest BCUT2D eigenvalue weighted by Gasteiger charge is -2.28. The largest absolute Gasteiger partial charge is 0.444 e. The summed E-state index contributed by atoms with van der Waals surface area (Å²) in [6, 6.07) is 13.2. The lowest BCUT2D eigenvalue weighted by Crippen LogP contribution is -2.40. The first-order chi connectivity index (χ1) is 21.5. The molecule has 4 rings (SSSR count). The number of carbonyl (C=O) groups is 3. The fraction of sp³-hybridized carbons (Fsp3) is 0.400. The van der Waals surface area contributed by atoms with E-state index in [0.717, 1.165) is 42.7 Å². The molecule has 1 aliphatic heterocycles. The highest BCUT2D eigenvalue weighted by Gasteiger charge is 2.21. The first-order valence-electron chi connectivity index (χ1n) is 14.4. The highest BCUT2D eigenvalue weighted by Crippen LogP contribution is 2.26. The summed E-state index contributed by atoms with van der Waals surface area (Å²) in [5.41, 5.74) is 1.28. The van der Waals surface area contributed by atoms with Gasteiger partial charge in [0, 0.05) is 38.3 Å². The first-order valence-corrected chi connectivity index (χ1v) is 15.2. The number of hydrogen-bond acceptors (Lipinski definition) is 10. The van der Waals surface area contributed by atoms with E-state index < -0.39 is 22.6 Å². The smallest absolute Gasteiger partial charge is 0.412 e. The number of amides is 4. The SMILES string of the molecule is CC(C)(C)OC(=O)Nc1ccccc1NC(=O)c1ccc(CN(CCCN2CCOCC2)C(=O)Nc2ncc([N+](=O)[O-])s2)cc1. The van der Waals surface area contributed by atoms with Crippen LogP contribution in [-0.4, -0.2) is 82.7 Å². The Labute approximate surface area is 264 Å². The van der Waals surface area contributed by atoms with E-state index >= 15 is 0 Å². The predicted octanol–water partition coefficient (Wildman–Crippen LogP) is 5.41. The summed E-state index contributed by atoms with van der Waals surface area (Å²) < 4.78 is 10.7. The van der Waals surface area contributed by atoms with Gasteiger partial charge in [-0.3, -0.25) is 30.4 Å². The van der Waals surface area contributed by atoms with Gasteiger partial charge in [-0.1, -0.05) is 24.3 Å². The maximum absolute atomic E-state index is 13.2. The van der Waals surface area contributed by atoms with Gasteiger partial charge in [-0.25, -0.2) is 14.6 Å². The monoisotopic (exact) mass is 639 g/mol. The van der Waals surface area contributed by atoms with E-state index in [1.807, 2.05) is 0 Å². The summed E-state index contributed by atoms with van der Waals surface area (Å²) in [6.45, 7) is 9.77. The quantitative estimate of drug-likeness (QED) is 0.184. The molecule has 0 unspecified atom stereocenters. The van der Waals surface area contributed by atoms with Crippen molar-refractivity contribution in [1.29, 1.82) is 0 Å². The van der Waals surface area contributed by atoms with Crippen molar-refractivity contribution in [3.8, 4) is 0 Å². The van der Waals surface area contributed by atoms with E-state index in [0.29, 0.717) is 43.1 Å². The van der Waals surface area contributed by atoms with Crippen molar-refractivity contribution in [2.45, 2.75) is 39.3 Å². The Morgan fingerprint density at radius 2 is 1.71 bits per heavy atom. The second kappa shape index (κ2) is 15.4. The number of nitrogens with one attached hydrogen (secondary N) is 3. The van der Waals surface area contributed by atoms with Crippen molar-refractivity contribution in [2.75, 3.05) is 55.3 Å².